The van der Waals surface area contributed by atoms with Crippen molar-refractivity contribution in [3.8, 4) is 0 Å². The van der Waals surface area contributed by atoms with Crippen molar-refractivity contribution in [2.24, 2.45) is 0 Å². The molecule has 0 radical (unpaired) electrons. The number of fused-ring (bicyclic) bond motifs is 1. The molecule has 0 bridgehead atoms. The van der Waals surface area contributed by atoms with Crippen LogP contribution in [-0.4, -0.2) is 6.04 Å². The molecule has 0 unspecified atom stereocenters. The molecule has 3 rings (SSSR count). The predicted molar refractivity (Wildman–Crippen MR) is 75.5 cm³/mol. The van der Waals surface area contributed by atoms with E-state index >= 15 is 0 Å². The van der Waals surface area contributed by atoms with Crippen LogP contribution in [-0.2, 0) is 19.4 Å². The zero-order valence-corrected chi connectivity index (χ0v) is 10.6. The molecule has 92 valence electrons. The SMILES string of the molecule is c1ccc(CC[C@H]2Cc3ccccc3CN2)cc1. The fourth-order valence-corrected chi connectivity index (χ4v) is 2.71. The van der Waals surface area contributed by atoms with Gasteiger partial charge in [-0.2, -0.15) is 0 Å². The Hall–Kier alpha value is -1.60. The monoisotopic (exact) mass is 237 g/mol. The van der Waals surface area contributed by atoms with Crippen molar-refractivity contribution in [2.45, 2.75) is 31.8 Å². The quantitative estimate of drug-likeness (QED) is 0.863. The van der Waals surface area contributed by atoms with Gasteiger partial charge in [0.15, 0.2) is 0 Å². The van der Waals surface area contributed by atoms with E-state index in [-0.39, 0.29) is 0 Å². The third kappa shape index (κ3) is 2.62. The Labute approximate surface area is 109 Å². The van der Waals surface area contributed by atoms with E-state index in [1.807, 2.05) is 0 Å². The molecular formula is C17H19N. The van der Waals surface area contributed by atoms with E-state index in [1.54, 1.807) is 0 Å². The molecule has 2 aromatic carbocycles. The van der Waals surface area contributed by atoms with E-state index < -0.39 is 0 Å². The predicted octanol–water partition coefficient (Wildman–Crippen LogP) is 3.33. The molecule has 0 amide bonds. The van der Waals surface area contributed by atoms with Crippen molar-refractivity contribution < 1.29 is 0 Å². The Morgan fingerprint density at radius 3 is 2.44 bits per heavy atom. The molecule has 18 heavy (non-hydrogen) atoms. The van der Waals surface area contributed by atoms with Crippen molar-refractivity contribution in [3.63, 3.8) is 0 Å². The topological polar surface area (TPSA) is 12.0 Å². The summed E-state index contributed by atoms with van der Waals surface area (Å²) in [4.78, 5) is 0. The summed E-state index contributed by atoms with van der Waals surface area (Å²) < 4.78 is 0. The van der Waals surface area contributed by atoms with Crippen molar-refractivity contribution in [1.29, 1.82) is 0 Å². The number of hydrogen-bond acceptors (Lipinski definition) is 1. The molecule has 1 heteroatoms. The fourth-order valence-electron chi connectivity index (χ4n) is 2.71. The zero-order chi connectivity index (χ0) is 12.2. The van der Waals surface area contributed by atoms with Crippen LogP contribution >= 0.6 is 0 Å². The number of benzene rings is 2. The lowest BCUT2D eigenvalue weighted by Gasteiger charge is -2.26. The van der Waals surface area contributed by atoms with Crippen LogP contribution in [0.25, 0.3) is 0 Å². The van der Waals surface area contributed by atoms with Crippen molar-refractivity contribution in [2.75, 3.05) is 0 Å². The first-order valence-corrected chi connectivity index (χ1v) is 6.76. The minimum Gasteiger partial charge on any atom is -0.310 e. The Kier molecular flexibility index (Phi) is 3.42. The van der Waals surface area contributed by atoms with Gasteiger partial charge in [0.2, 0.25) is 0 Å². The van der Waals surface area contributed by atoms with Gasteiger partial charge in [-0.1, -0.05) is 54.6 Å². The van der Waals surface area contributed by atoms with Crippen LogP contribution in [0.5, 0.6) is 0 Å². The van der Waals surface area contributed by atoms with E-state index in [0.717, 1.165) is 6.54 Å². The second-order valence-electron chi connectivity index (χ2n) is 5.07. The second kappa shape index (κ2) is 5.36. The molecule has 0 saturated heterocycles. The molecule has 1 N–H and O–H groups in total. The highest BCUT2D eigenvalue weighted by atomic mass is 14.9. The molecule has 0 aromatic heterocycles. The number of hydrogen-bond donors (Lipinski definition) is 1. The largest absolute Gasteiger partial charge is 0.310 e. The van der Waals surface area contributed by atoms with Gasteiger partial charge in [0.1, 0.15) is 0 Å². The summed E-state index contributed by atoms with van der Waals surface area (Å²) in [6.07, 6.45) is 3.56. The van der Waals surface area contributed by atoms with E-state index in [4.69, 9.17) is 0 Å². The van der Waals surface area contributed by atoms with Gasteiger partial charge in [-0.3, -0.25) is 0 Å². The maximum atomic E-state index is 3.65. The third-order valence-corrected chi connectivity index (χ3v) is 3.79. The first kappa shape index (κ1) is 11.5. The van der Waals surface area contributed by atoms with Gasteiger partial charge in [0.05, 0.1) is 0 Å². The second-order valence-corrected chi connectivity index (χ2v) is 5.07. The first-order valence-electron chi connectivity index (χ1n) is 6.76. The van der Waals surface area contributed by atoms with E-state index in [1.165, 1.54) is 36.0 Å². The highest BCUT2D eigenvalue weighted by molar-refractivity contribution is 5.30. The zero-order valence-electron chi connectivity index (χ0n) is 10.6. The maximum Gasteiger partial charge on any atom is 0.0210 e. The Morgan fingerprint density at radius 2 is 1.61 bits per heavy atom. The van der Waals surface area contributed by atoms with Crippen molar-refractivity contribution in [3.05, 3.63) is 71.3 Å². The molecule has 0 spiro atoms. The summed E-state index contributed by atoms with van der Waals surface area (Å²) >= 11 is 0. The first-order chi connectivity index (χ1) is 8.92. The summed E-state index contributed by atoms with van der Waals surface area (Å²) in [5.74, 6) is 0. The van der Waals surface area contributed by atoms with Crippen LogP contribution in [0.15, 0.2) is 54.6 Å². The molecular weight excluding hydrogens is 218 g/mol. The van der Waals surface area contributed by atoms with Gasteiger partial charge in [0.25, 0.3) is 0 Å². The lowest BCUT2D eigenvalue weighted by Crippen LogP contribution is -2.35. The standard InChI is InChI=1S/C17H19N/c1-2-6-14(7-3-1)10-11-17-12-15-8-4-5-9-16(15)13-18-17/h1-9,17-18H,10-13H2/t17-/m0/s1. The summed E-state index contributed by atoms with van der Waals surface area (Å²) in [5.41, 5.74) is 4.43. The van der Waals surface area contributed by atoms with E-state index in [0.29, 0.717) is 6.04 Å². The van der Waals surface area contributed by atoms with Gasteiger partial charge < -0.3 is 5.32 Å². The van der Waals surface area contributed by atoms with Crippen LogP contribution in [0.3, 0.4) is 0 Å². The molecule has 1 nitrogen and oxygen atoms in total. The Morgan fingerprint density at radius 1 is 0.889 bits per heavy atom. The third-order valence-electron chi connectivity index (χ3n) is 3.79. The van der Waals surface area contributed by atoms with Crippen LogP contribution < -0.4 is 5.32 Å². The Bertz CT molecular complexity index is 504. The summed E-state index contributed by atoms with van der Waals surface area (Å²) in [7, 11) is 0. The summed E-state index contributed by atoms with van der Waals surface area (Å²) in [5, 5.41) is 3.65. The van der Waals surface area contributed by atoms with Crippen LogP contribution in [0.2, 0.25) is 0 Å². The van der Waals surface area contributed by atoms with E-state index in [9.17, 15) is 0 Å². The molecule has 1 atom stereocenters. The van der Waals surface area contributed by atoms with Gasteiger partial charge in [-0.05, 0) is 36.0 Å². The van der Waals surface area contributed by atoms with Gasteiger partial charge in [-0.25, -0.2) is 0 Å². The molecule has 0 saturated carbocycles. The summed E-state index contributed by atoms with van der Waals surface area (Å²) in [6, 6.07) is 20.2. The lowest BCUT2D eigenvalue weighted by molar-refractivity contribution is 0.452. The van der Waals surface area contributed by atoms with Crippen molar-refractivity contribution >= 4 is 0 Å². The molecule has 1 aliphatic rings. The average molecular weight is 237 g/mol. The number of rotatable bonds is 3. The van der Waals surface area contributed by atoms with E-state index in [2.05, 4.69) is 59.9 Å². The highest BCUT2D eigenvalue weighted by Crippen LogP contribution is 2.18. The normalized spacial score (nSPS) is 18.3. The fraction of sp³-hybridized carbons (Fsp3) is 0.294. The number of aryl methyl sites for hydroxylation is 1. The maximum absolute atomic E-state index is 3.65. The molecule has 0 aliphatic carbocycles. The number of nitrogens with one attached hydrogen (secondary N) is 1. The summed E-state index contributed by atoms with van der Waals surface area (Å²) in [6.45, 7) is 1.02. The van der Waals surface area contributed by atoms with Crippen LogP contribution in [0.4, 0.5) is 0 Å². The van der Waals surface area contributed by atoms with Crippen LogP contribution in [0.1, 0.15) is 23.1 Å². The van der Waals surface area contributed by atoms with Crippen molar-refractivity contribution in [1.82, 2.24) is 5.32 Å². The minimum absolute atomic E-state index is 0.625. The van der Waals surface area contributed by atoms with Gasteiger partial charge in [0, 0.05) is 12.6 Å². The molecule has 1 heterocycles. The minimum atomic E-state index is 0.625. The molecule has 0 fully saturated rings. The molecule has 1 aliphatic heterocycles. The van der Waals surface area contributed by atoms with Crippen LogP contribution in [0, 0.1) is 0 Å². The molecule has 2 aromatic rings. The Balaban J connectivity index is 1.60. The smallest absolute Gasteiger partial charge is 0.0210 e. The average Bonchev–Trinajstić information content (AvgIpc) is 2.46. The van der Waals surface area contributed by atoms with Gasteiger partial charge in [-0.15, -0.1) is 0 Å². The highest BCUT2D eigenvalue weighted by Gasteiger charge is 2.16. The lowest BCUT2D eigenvalue weighted by atomic mass is 9.92. The van der Waals surface area contributed by atoms with Gasteiger partial charge >= 0.3 is 0 Å².